The van der Waals surface area contributed by atoms with Crippen molar-refractivity contribution in [3.05, 3.63) is 21.4 Å². The number of hydrogen-bond donors (Lipinski definition) is 2. The molecule has 1 aromatic heterocycles. The van der Waals surface area contributed by atoms with Crippen LogP contribution in [0.5, 0.6) is 0 Å². The predicted molar refractivity (Wildman–Crippen MR) is 67.1 cm³/mol. The van der Waals surface area contributed by atoms with E-state index in [1.54, 1.807) is 18.3 Å². The SMILES string of the molecule is CCc1sc(C(=O)NCCC(C)O)cc1C. The molecule has 3 nitrogen and oxygen atoms in total. The summed E-state index contributed by atoms with van der Waals surface area (Å²) in [4.78, 5) is 13.8. The van der Waals surface area contributed by atoms with E-state index in [2.05, 4.69) is 12.2 Å². The number of aliphatic hydroxyl groups excluding tert-OH is 1. The number of amides is 1. The predicted octanol–water partition coefficient (Wildman–Crippen LogP) is 2.12. The number of aliphatic hydroxyl groups is 1. The maximum Gasteiger partial charge on any atom is 0.261 e. The number of aryl methyl sites for hydroxylation is 2. The van der Waals surface area contributed by atoms with Gasteiger partial charge < -0.3 is 10.4 Å². The molecule has 0 aromatic carbocycles. The molecule has 0 spiro atoms. The molecule has 1 unspecified atom stereocenters. The van der Waals surface area contributed by atoms with Gasteiger partial charge in [-0.15, -0.1) is 11.3 Å². The van der Waals surface area contributed by atoms with Gasteiger partial charge >= 0.3 is 0 Å². The van der Waals surface area contributed by atoms with Crippen LogP contribution < -0.4 is 5.32 Å². The van der Waals surface area contributed by atoms with Crippen LogP contribution in [0, 0.1) is 6.92 Å². The lowest BCUT2D eigenvalue weighted by molar-refractivity contribution is 0.0949. The second kappa shape index (κ2) is 6.01. The molecule has 2 N–H and O–H groups in total. The summed E-state index contributed by atoms with van der Waals surface area (Å²) in [6.45, 7) is 6.36. The zero-order valence-corrected chi connectivity index (χ0v) is 10.9. The highest BCUT2D eigenvalue weighted by atomic mass is 32.1. The number of carbonyl (C=O) groups excluding carboxylic acids is 1. The van der Waals surface area contributed by atoms with Crippen molar-refractivity contribution in [3.8, 4) is 0 Å². The van der Waals surface area contributed by atoms with Gasteiger partial charge in [-0.25, -0.2) is 0 Å². The fraction of sp³-hybridized carbons (Fsp3) is 0.583. The summed E-state index contributed by atoms with van der Waals surface area (Å²) in [5.41, 5.74) is 1.19. The molecule has 16 heavy (non-hydrogen) atoms. The Hall–Kier alpha value is -0.870. The van der Waals surface area contributed by atoms with Crippen molar-refractivity contribution >= 4 is 17.2 Å². The highest BCUT2D eigenvalue weighted by Crippen LogP contribution is 2.22. The van der Waals surface area contributed by atoms with E-state index < -0.39 is 0 Å². The van der Waals surface area contributed by atoms with Crippen molar-refractivity contribution < 1.29 is 9.90 Å². The lowest BCUT2D eigenvalue weighted by Crippen LogP contribution is -2.25. The summed E-state index contributed by atoms with van der Waals surface area (Å²) in [5, 5.41) is 11.9. The number of nitrogens with one attached hydrogen (secondary N) is 1. The minimum atomic E-state index is -0.364. The third-order valence-corrected chi connectivity index (χ3v) is 3.79. The molecule has 0 aliphatic rings. The fourth-order valence-electron chi connectivity index (χ4n) is 1.46. The molecule has 1 rings (SSSR count). The van der Waals surface area contributed by atoms with Gasteiger partial charge in [0.2, 0.25) is 0 Å². The highest BCUT2D eigenvalue weighted by molar-refractivity contribution is 7.14. The summed E-state index contributed by atoms with van der Waals surface area (Å²) < 4.78 is 0. The zero-order valence-electron chi connectivity index (χ0n) is 10.0. The minimum absolute atomic E-state index is 0.0338. The summed E-state index contributed by atoms with van der Waals surface area (Å²) in [5.74, 6) is -0.0338. The second-order valence-electron chi connectivity index (χ2n) is 3.96. The molecule has 0 radical (unpaired) electrons. The Bertz CT molecular complexity index is 358. The van der Waals surface area contributed by atoms with E-state index >= 15 is 0 Å². The van der Waals surface area contributed by atoms with E-state index in [-0.39, 0.29) is 12.0 Å². The van der Waals surface area contributed by atoms with Crippen LogP contribution in [-0.4, -0.2) is 23.7 Å². The van der Waals surface area contributed by atoms with Gasteiger partial charge in [0, 0.05) is 11.4 Å². The largest absolute Gasteiger partial charge is 0.393 e. The summed E-state index contributed by atoms with van der Waals surface area (Å²) >= 11 is 1.55. The molecule has 90 valence electrons. The van der Waals surface area contributed by atoms with Crippen LogP contribution in [0.4, 0.5) is 0 Å². The van der Waals surface area contributed by atoms with Crippen molar-refractivity contribution in [2.75, 3.05) is 6.54 Å². The zero-order chi connectivity index (χ0) is 12.1. The average Bonchev–Trinajstić information content (AvgIpc) is 2.59. The van der Waals surface area contributed by atoms with Crippen molar-refractivity contribution in [1.29, 1.82) is 0 Å². The topological polar surface area (TPSA) is 49.3 Å². The van der Waals surface area contributed by atoms with Crippen molar-refractivity contribution in [2.45, 2.75) is 39.7 Å². The van der Waals surface area contributed by atoms with Gasteiger partial charge in [0.25, 0.3) is 5.91 Å². The Kier molecular flexibility index (Phi) is 4.96. The number of rotatable bonds is 5. The molecule has 0 saturated heterocycles. The molecule has 0 aliphatic heterocycles. The first-order chi connectivity index (χ1) is 7.54. The van der Waals surface area contributed by atoms with Gasteiger partial charge in [-0.2, -0.15) is 0 Å². The van der Waals surface area contributed by atoms with Gasteiger partial charge in [0.05, 0.1) is 11.0 Å². The molecule has 0 saturated carbocycles. The quantitative estimate of drug-likeness (QED) is 0.829. The van der Waals surface area contributed by atoms with Crippen LogP contribution >= 0.6 is 11.3 Å². The van der Waals surface area contributed by atoms with Crippen LogP contribution in [0.3, 0.4) is 0 Å². The van der Waals surface area contributed by atoms with Crippen LogP contribution in [0.2, 0.25) is 0 Å². The number of thiophene rings is 1. The van der Waals surface area contributed by atoms with E-state index in [4.69, 9.17) is 5.11 Å². The molecule has 1 amide bonds. The third-order valence-electron chi connectivity index (χ3n) is 2.41. The first-order valence-corrected chi connectivity index (χ1v) is 6.41. The van der Waals surface area contributed by atoms with Crippen molar-refractivity contribution in [3.63, 3.8) is 0 Å². The molecule has 1 aromatic rings. The van der Waals surface area contributed by atoms with Crippen LogP contribution in [0.1, 0.15) is 40.4 Å². The Morgan fingerprint density at radius 2 is 2.31 bits per heavy atom. The van der Waals surface area contributed by atoms with Crippen molar-refractivity contribution in [2.24, 2.45) is 0 Å². The van der Waals surface area contributed by atoms with Gasteiger partial charge in [-0.05, 0) is 38.3 Å². The molecule has 1 heterocycles. The lowest BCUT2D eigenvalue weighted by Gasteiger charge is -2.04. The van der Waals surface area contributed by atoms with Crippen LogP contribution in [-0.2, 0) is 6.42 Å². The molecular weight excluding hydrogens is 222 g/mol. The Labute approximate surface area is 100 Å². The van der Waals surface area contributed by atoms with E-state index in [1.807, 2.05) is 13.0 Å². The second-order valence-corrected chi connectivity index (χ2v) is 5.10. The van der Waals surface area contributed by atoms with Gasteiger partial charge in [-0.1, -0.05) is 6.92 Å². The van der Waals surface area contributed by atoms with Gasteiger partial charge in [-0.3, -0.25) is 4.79 Å². The Morgan fingerprint density at radius 3 is 2.81 bits per heavy atom. The standard InChI is InChI=1S/C12H19NO2S/c1-4-10-8(2)7-11(16-10)12(15)13-6-5-9(3)14/h7,9,14H,4-6H2,1-3H3,(H,13,15). The summed E-state index contributed by atoms with van der Waals surface area (Å²) in [7, 11) is 0. The highest BCUT2D eigenvalue weighted by Gasteiger charge is 2.11. The van der Waals surface area contributed by atoms with Crippen LogP contribution in [0.25, 0.3) is 0 Å². The molecule has 0 fully saturated rings. The van der Waals surface area contributed by atoms with E-state index in [0.717, 1.165) is 11.3 Å². The maximum atomic E-state index is 11.7. The smallest absolute Gasteiger partial charge is 0.261 e. The normalized spacial score (nSPS) is 12.5. The maximum absolute atomic E-state index is 11.7. The monoisotopic (exact) mass is 241 g/mol. The number of hydrogen-bond acceptors (Lipinski definition) is 3. The Balaban J connectivity index is 2.52. The third kappa shape index (κ3) is 3.61. The molecule has 0 bridgehead atoms. The van der Waals surface area contributed by atoms with Gasteiger partial charge in [0.1, 0.15) is 0 Å². The average molecular weight is 241 g/mol. The molecule has 0 aliphatic carbocycles. The fourth-order valence-corrected chi connectivity index (χ4v) is 2.49. The lowest BCUT2D eigenvalue weighted by atomic mass is 10.2. The summed E-state index contributed by atoms with van der Waals surface area (Å²) in [6.07, 6.45) is 1.20. The van der Waals surface area contributed by atoms with Gasteiger partial charge in [0.15, 0.2) is 0 Å². The van der Waals surface area contributed by atoms with Crippen molar-refractivity contribution in [1.82, 2.24) is 5.32 Å². The molecule has 4 heteroatoms. The number of carbonyl (C=O) groups is 1. The van der Waals surface area contributed by atoms with E-state index in [9.17, 15) is 4.79 Å². The minimum Gasteiger partial charge on any atom is -0.393 e. The first-order valence-electron chi connectivity index (χ1n) is 5.60. The van der Waals surface area contributed by atoms with Crippen LogP contribution in [0.15, 0.2) is 6.07 Å². The molecule has 1 atom stereocenters. The molecular formula is C12H19NO2S. The van der Waals surface area contributed by atoms with E-state index in [1.165, 1.54) is 10.4 Å². The van der Waals surface area contributed by atoms with E-state index in [0.29, 0.717) is 13.0 Å². The first kappa shape index (κ1) is 13.2. The summed E-state index contributed by atoms with van der Waals surface area (Å²) in [6, 6.07) is 1.93. The Morgan fingerprint density at radius 1 is 1.62 bits per heavy atom.